The Bertz CT molecular complexity index is 558. The maximum atomic E-state index is 12.0. The van der Waals surface area contributed by atoms with E-state index in [-0.39, 0.29) is 5.91 Å². The van der Waals surface area contributed by atoms with E-state index in [1.807, 2.05) is 30.5 Å². The van der Waals surface area contributed by atoms with Crippen LogP contribution in [-0.2, 0) is 4.79 Å². The summed E-state index contributed by atoms with van der Waals surface area (Å²) in [6, 6.07) is 11.2. The van der Waals surface area contributed by atoms with Crippen molar-refractivity contribution in [3.8, 4) is 5.75 Å². The van der Waals surface area contributed by atoms with Crippen LogP contribution in [0.5, 0.6) is 5.75 Å². The molecule has 20 heavy (non-hydrogen) atoms. The van der Waals surface area contributed by atoms with Crippen LogP contribution in [0.4, 0.5) is 5.69 Å². The van der Waals surface area contributed by atoms with E-state index in [0.717, 1.165) is 4.90 Å². The van der Waals surface area contributed by atoms with E-state index < -0.39 is 6.10 Å². The van der Waals surface area contributed by atoms with Gasteiger partial charge in [-0.3, -0.25) is 9.78 Å². The lowest BCUT2D eigenvalue weighted by Gasteiger charge is -2.14. The minimum atomic E-state index is -0.574. The zero-order valence-corrected chi connectivity index (χ0v) is 12.2. The molecule has 1 amide bonds. The first-order valence-corrected chi connectivity index (χ1v) is 7.43. The fourth-order valence-corrected chi connectivity index (χ4v) is 2.00. The third-order valence-corrected chi connectivity index (χ3v) is 3.41. The van der Waals surface area contributed by atoms with Crippen LogP contribution < -0.4 is 10.1 Å². The molecule has 5 heteroatoms. The number of benzene rings is 1. The normalized spacial score (nSPS) is 11.7. The number of carbonyl (C=O) groups excluding carboxylic acids is 1. The van der Waals surface area contributed by atoms with Gasteiger partial charge in [-0.05, 0) is 49.6 Å². The highest BCUT2D eigenvalue weighted by atomic mass is 32.2. The van der Waals surface area contributed by atoms with Gasteiger partial charge in [-0.1, -0.05) is 0 Å². The summed E-state index contributed by atoms with van der Waals surface area (Å²) in [7, 11) is 0. The number of rotatable bonds is 5. The minimum absolute atomic E-state index is 0.202. The largest absolute Gasteiger partial charge is 0.481 e. The van der Waals surface area contributed by atoms with Crippen LogP contribution in [0.3, 0.4) is 0 Å². The van der Waals surface area contributed by atoms with Crippen molar-refractivity contribution in [1.29, 1.82) is 0 Å². The molecular weight excluding hydrogens is 272 g/mol. The molecule has 0 aliphatic rings. The average molecular weight is 288 g/mol. The number of carbonyl (C=O) groups is 1. The lowest BCUT2D eigenvalue weighted by molar-refractivity contribution is -0.122. The lowest BCUT2D eigenvalue weighted by Crippen LogP contribution is -2.30. The average Bonchev–Trinajstić information content (AvgIpc) is 2.49. The van der Waals surface area contributed by atoms with Crippen LogP contribution in [0, 0.1) is 0 Å². The van der Waals surface area contributed by atoms with Crippen LogP contribution in [0.15, 0.2) is 53.7 Å². The quantitative estimate of drug-likeness (QED) is 0.858. The van der Waals surface area contributed by atoms with Gasteiger partial charge in [0.15, 0.2) is 6.10 Å². The van der Waals surface area contributed by atoms with Crippen LogP contribution in [-0.4, -0.2) is 23.3 Å². The predicted octanol–water partition coefficient (Wildman–Crippen LogP) is 3.21. The molecule has 104 valence electrons. The van der Waals surface area contributed by atoms with Crippen molar-refractivity contribution >= 4 is 23.4 Å². The predicted molar refractivity (Wildman–Crippen MR) is 81.2 cm³/mol. The molecule has 0 bridgehead atoms. The molecule has 1 aromatic heterocycles. The van der Waals surface area contributed by atoms with E-state index >= 15 is 0 Å². The summed E-state index contributed by atoms with van der Waals surface area (Å²) < 4.78 is 5.61. The molecule has 0 saturated carbocycles. The minimum Gasteiger partial charge on any atom is -0.481 e. The van der Waals surface area contributed by atoms with E-state index in [1.54, 1.807) is 43.2 Å². The molecule has 4 nitrogen and oxygen atoms in total. The first-order valence-electron chi connectivity index (χ1n) is 6.20. The van der Waals surface area contributed by atoms with Gasteiger partial charge in [-0.15, -0.1) is 11.8 Å². The molecule has 2 rings (SSSR count). The summed E-state index contributed by atoms with van der Waals surface area (Å²) >= 11 is 1.66. The summed E-state index contributed by atoms with van der Waals surface area (Å²) in [6.45, 7) is 1.72. The van der Waals surface area contributed by atoms with Crippen molar-refractivity contribution in [2.75, 3.05) is 11.6 Å². The monoisotopic (exact) mass is 288 g/mol. The fourth-order valence-electron chi connectivity index (χ4n) is 1.59. The van der Waals surface area contributed by atoms with Gasteiger partial charge in [-0.2, -0.15) is 0 Å². The van der Waals surface area contributed by atoms with Crippen LogP contribution in [0.1, 0.15) is 6.92 Å². The number of anilines is 1. The van der Waals surface area contributed by atoms with Gasteiger partial charge in [0.05, 0.1) is 11.9 Å². The van der Waals surface area contributed by atoms with Crippen molar-refractivity contribution in [2.45, 2.75) is 17.9 Å². The molecule has 0 radical (unpaired) electrons. The number of thioether (sulfide) groups is 1. The van der Waals surface area contributed by atoms with Crippen molar-refractivity contribution in [1.82, 2.24) is 4.98 Å². The second-order valence-corrected chi connectivity index (χ2v) is 5.05. The molecule has 2 aromatic rings. The molecule has 1 atom stereocenters. The topological polar surface area (TPSA) is 51.2 Å². The third kappa shape index (κ3) is 3.99. The number of nitrogens with zero attached hydrogens (tertiary/aromatic N) is 1. The molecule has 0 aliphatic heterocycles. The molecule has 1 heterocycles. The molecule has 0 aliphatic carbocycles. The van der Waals surface area contributed by atoms with Crippen molar-refractivity contribution in [2.24, 2.45) is 0 Å². The number of hydrogen-bond acceptors (Lipinski definition) is 4. The Morgan fingerprint density at radius 1 is 1.30 bits per heavy atom. The van der Waals surface area contributed by atoms with Gasteiger partial charge < -0.3 is 10.1 Å². The Morgan fingerprint density at radius 2 is 2.05 bits per heavy atom. The summed E-state index contributed by atoms with van der Waals surface area (Å²) in [5.41, 5.74) is 0.658. The molecule has 0 fully saturated rings. The second-order valence-electron chi connectivity index (χ2n) is 4.17. The van der Waals surface area contributed by atoms with Gasteiger partial charge in [0, 0.05) is 11.1 Å². The highest BCUT2D eigenvalue weighted by Gasteiger charge is 2.14. The Morgan fingerprint density at radius 3 is 2.65 bits per heavy atom. The molecule has 1 N–H and O–H groups in total. The van der Waals surface area contributed by atoms with Gasteiger partial charge in [0.1, 0.15) is 5.75 Å². The Labute approximate surface area is 122 Å². The van der Waals surface area contributed by atoms with Crippen LogP contribution in [0.25, 0.3) is 0 Å². The molecule has 1 aromatic carbocycles. The smallest absolute Gasteiger partial charge is 0.265 e. The summed E-state index contributed by atoms with van der Waals surface area (Å²) in [4.78, 5) is 17.1. The first-order chi connectivity index (χ1) is 9.69. The van der Waals surface area contributed by atoms with E-state index in [0.29, 0.717) is 11.4 Å². The zero-order valence-electron chi connectivity index (χ0n) is 11.4. The number of aromatic nitrogens is 1. The van der Waals surface area contributed by atoms with E-state index in [4.69, 9.17) is 4.74 Å². The van der Waals surface area contributed by atoms with Crippen LogP contribution in [0.2, 0.25) is 0 Å². The van der Waals surface area contributed by atoms with E-state index in [1.165, 1.54) is 0 Å². The standard InChI is InChI=1S/C15H16N2O2S/c1-11(15(18)17-12-4-3-9-16-10-12)19-13-5-7-14(20-2)8-6-13/h3-11H,1-2H3,(H,17,18). The third-order valence-electron chi connectivity index (χ3n) is 2.67. The molecule has 0 saturated heterocycles. The Kier molecular flexibility index (Phi) is 5.01. The number of amides is 1. The van der Waals surface area contributed by atoms with Crippen molar-refractivity contribution in [3.05, 3.63) is 48.8 Å². The first kappa shape index (κ1) is 14.4. The van der Waals surface area contributed by atoms with E-state index in [9.17, 15) is 4.79 Å². The van der Waals surface area contributed by atoms with Gasteiger partial charge in [0.25, 0.3) is 5.91 Å². The number of nitrogens with one attached hydrogen (secondary N) is 1. The second kappa shape index (κ2) is 6.96. The lowest BCUT2D eigenvalue weighted by atomic mass is 10.3. The Hall–Kier alpha value is -2.01. The summed E-state index contributed by atoms with van der Waals surface area (Å²) in [6.07, 6.45) is 4.69. The number of hydrogen-bond donors (Lipinski definition) is 1. The Balaban J connectivity index is 1.93. The SMILES string of the molecule is CSc1ccc(OC(C)C(=O)Nc2cccnc2)cc1. The summed E-state index contributed by atoms with van der Waals surface area (Å²) in [5.74, 6) is 0.476. The highest BCUT2D eigenvalue weighted by molar-refractivity contribution is 7.98. The maximum Gasteiger partial charge on any atom is 0.265 e. The zero-order chi connectivity index (χ0) is 14.4. The molecule has 1 unspecified atom stereocenters. The van der Waals surface area contributed by atoms with Crippen molar-refractivity contribution in [3.63, 3.8) is 0 Å². The number of pyridine rings is 1. The fraction of sp³-hybridized carbons (Fsp3) is 0.200. The van der Waals surface area contributed by atoms with Gasteiger partial charge >= 0.3 is 0 Å². The molecule has 0 spiro atoms. The van der Waals surface area contributed by atoms with Crippen LogP contribution >= 0.6 is 11.8 Å². The molecular formula is C15H16N2O2S. The summed E-state index contributed by atoms with van der Waals surface area (Å²) in [5, 5.41) is 2.75. The van der Waals surface area contributed by atoms with Gasteiger partial charge in [0.2, 0.25) is 0 Å². The maximum absolute atomic E-state index is 12.0. The highest BCUT2D eigenvalue weighted by Crippen LogP contribution is 2.20. The van der Waals surface area contributed by atoms with Crippen molar-refractivity contribution < 1.29 is 9.53 Å². The van der Waals surface area contributed by atoms with E-state index in [2.05, 4.69) is 10.3 Å². The van der Waals surface area contributed by atoms with Gasteiger partial charge in [-0.25, -0.2) is 0 Å². The number of ether oxygens (including phenoxy) is 1.